The van der Waals surface area contributed by atoms with Crippen molar-refractivity contribution >= 4 is 17.4 Å². The van der Waals surface area contributed by atoms with E-state index in [0.717, 1.165) is 17.7 Å². The van der Waals surface area contributed by atoms with Crippen molar-refractivity contribution < 1.29 is 18.0 Å². The van der Waals surface area contributed by atoms with E-state index in [1.165, 1.54) is 24.3 Å². The molecular formula is C19H15F3N4O. The van der Waals surface area contributed by atoms with Crippen LogP contribution in [0.3, 0.4) is 0 Å². The molecule has 0 aliphatic rings. The van der Waals surface area contributed by atoms with E-state index in [-0.39, 0.29) is 17.2 Å². The SMILES string of the molecule is O=C(NCc1ccccc1)c1ccc(Nc2cccc(C(F)(F)F)c2)nn1. The topological polar surface area (TPSA) is 66.9 Å². The number of nitrogens with zero attached hydrogens (tertiary/aromatic N) is 2. The molecule has 0 atom stereocenters. The van der Waals surface area contributed by atoms with Crippen LogP contribution in [0.4, 0.5) is 24.7 Å². The van der Waals surface area contributed by atoms with Gasteiger partial charge in [0.15, 0.2) is 11.5 Å². The van der Waals surface area contributed by atoms with E-state index in [0.29, 0.717) is 6.54 Å². The first-order valence-corrected chi connectivity index (χ1v) is 8.02. The van der Waals surface area contributed by atoms with Crippen LogP contribution in [0.15, 0.2) is 66.7 Å². The normalized spacial score (nSPS) is 11.1. The Morgan fingerprint density at radius 2 is 1.70 bits per heavy atom. The molecule has 5 nitrogen and oxygen atoms in total. The van der Waals surface area contributed by atoms with Crippen molar-refractivity contribution in [2.45, 2.75) is 12.7 Å². The van der Waals surface area contributed by atoms with Crippen LogP contribution in [0.25, 0.3) is 0 Å². The Labute approximate surface area is 153 Å². The predicted molar refractivity (Wildman–Crippen MR) is 94.4 cm³/mol. The highest BCUT2D eigenvalue weighted by Gasteiger charge is 2.30. The number of nitrogens with one attached hydrogen (secondary N) is 2. The second-order valence-electron chi connectivity index (χ2n) is 5.68. The summed E-state index contributed by atoms with van der Waals surface area (Å²) in [5.74, 6) is -0.161. The molecule has 138 valence electrons. The maximum absolute atomic E-state index is 12.7. The van der Waals surface area contributed by atoms with E-state index in [2.05, 4.69) is 20.8 Å². The van der Waals surface area contributed by atoms with Gasteiger partial charge < -0.3 is 10.6 Å². The zero-order valence-corrected chi connectivity index (χ0v) is 14.0. The second kappa shape index (κ2) is 7.86. The van der Waals surface area contributed by atoms with Gasteiger partial charge in [-0.25, -0.2) is 0 Å². The van der Waals surface area contributed by atoms with Crippen molar-refractivity contribution in [3.8, 4) is 0 Å². The fourth-order valence-electron chi connectivity index (χ4n) is 2.31. The number of rotatable bonds is 5. The molecule has 3 rings (SSSR count). The molecule has 0 bridgehead atoms. The number of carbonyl (C=O) groups is 1. The number of alkyl halides is 3. The molecule has 0 radical (unpaired) electrons. The first kappa shape index (κ1) is 18.4. The van der Waals surface area contributed by atoms with Crippen LogP contribution in [0.1, 0.15) is 21.6 Å². The third-order valence-electron chi connectivity index (χ3n) is 3.66. The fraction of sp³-hybridized carbons (Fsp3) is 0.105. The summed E-state index contributed by atoms with van der Waals surface area (Å²) in [7, 11) is 0. The van der Waals surface area contributed by atoms with Gasteiger partial charge in [0, 0.05) is 12.2 Å². The van der Waals surface area contributed by atoms with Gasteiger partial charge in [-0.3, -0.25) is 4.79 Å². The molecule has 0 fully saturated rings. The maximum atomic E-state index is 12.7. The number of halogens is 3. The van der Waals surface area contributed by atoms with Crippen molar-refractivity contribution in [3.05, 3.63) is 83.6 Å². The van der Waals surface area contributed by atoms with Crippen LogP contribution in [-0.2, 0) is 12.7 Å². The minimum atomic E-state index is -4.43. The molecule has 1 aromatic heterocycles. The fourth-order valence-corrected chi connectivity index (χ4v) is 2.31. The van der Waals surface area contributed by atoms with Crippen LogP contribution >= 0.6 is 0 Å². The zero-order valence-electron chi connectivity index (χ0n) is 14.0. The molecule has 1 amide bonds. The number of hydrogen-bond donors (Lipinski definition) is 2. The van der Waals surface area contributed by atoms with E-state index in [1.54, 1.807) is 0 Å². The summed E-state index contributed by atoms with van der Waals surface area (Å²) in [5.41, 5.74) is 0.514. The Bertz CT molecular complexity index is 912. The van der Waals surface area contributed by atoms with Crippen LogP contribution < -0.4 is 10.6 Å². The standard InChI is InChI=1S/C19H15F3N4O/c20-19(21,22)14-7-4-8-15(11-14)24-17-10-9-16(25-26-17)18(27)23-12-13-5-2-1-3-6-13/h1-11H,12H2,(H,23,27)(H,24,26). The summed E-state index contributed by atoms with van der Waals surface area (Å²) in [4.78, 5) is 12.1. The van der Waals surface area contributed by atoms with Crippen LogP contribution in [0.5, 0.6) is 0 Å². The van der Waals surface area contributed by atoms with Gasteiger partial charge >= 0.3 is 6.18 Å². The van der Waals surface area contributed by atoms with E-state index in [9.17, 15) is 18.0 Å². The molecule has 27 heavy (non-hydrogen) atoms. The number of amides is 1. The smallest absolute Gasteiger partial charge is 0.347 e. The highest BCUT2D eigenvalue weighted by Crippen LogP contribution is 2.31. The molecular weight excluding hydrogens is 357 g/mol. The number of hydrogen-bond acceptors (Lipinski definition) is 4. The highest BCUT2D eigenvalue weighted by atomic mass is 19.4. The zero-order chi connectivity index (χ0) is 19.3. The van der Waals surface area contributed by atoms with Gasteiger partial charge in [-0.2, -0.15) is 13.2 Å². The second-order valence-corrected chi connectivity index (χ2v) is 5.68. The van der Waals surface area contributed by atoms with Gasteiger partial charge in [-0.1, -0.05) is 36.4 Å². The summed E-state index contributed by atoms with van der Waals surface area (Å²) < 4.78 is 38.2. The van der Waals surface area contributed by atoms with Gasteiger partial charge in [-0.05, 0) is 35.9 Å². The quantitative estimate of drug-likeness (QED) is 0.706. The summed E-state index contributed by atoms with van der Waals surface area (Å²) in [6.07, 6.45) is -4.43. The van der Waals surface area contributed by atoms with Crippen LogP contribution in [0, 0.1) is 0 Å². The third kappa shape index (κ3) is 5.04. The summed E-state index contributed by atoms with van der Waals surface area (Å²) in [5, 5.41) is 13.1. The Morgan fingerprint density at radius 1 is 0.926 bits per heavy atom. The first-order valence-electron chi connectivity index (χ1n) is 8.02. The molecule has 0 unspecified atom stereocenters. The van der Waals surface area contributed by atoms with Gasteiger partial charge in [0.1, 0.15) is 0 Å². The predicted octanol–water partition coefficient (Wildman–Crippen LogP) is 4.17. The Hall–Kier alpha value is -3.42. The van der Waals surface area contributed by atoms with Crippen molar-refractivity contribution in [2.24, 2.45) is 0 Å². The molecule has 0 saturated carbocycles. The summed E-state index contributed by atoms with van der Waals surface area (Å²) in [6.45, 7) is 0.353. The number of anilines is 2. The van der Waals surface area contributed by atoms with Gasteiger partial charge in [0.05, 0.1) is 5.56 Å². The van der Waals surface area contributed by atoms with E-state index in [4.69, 9.17) is 0 Å². The number of aromatic nitrogens is 2. The minimum Gasteiger partial charge on any atom is -0.347 e. The lowest BCUT2D eigenvalue weighted by molar-refractivity contribution is -0.137. The van der Waals surface area contributed by atoms with Crippen LogP contribution in [-0.4, -0.2) is 16.1 Å². The number of benzene rings is 2. The first-order chi connectivity index (χ1) is 12.9. The molecule has 2 aromatic carbocycles. The molecule has 1 heterocycles. The van der Waals surface area contributed by atoms with Crippen molar-refractivity contribution in [2.75, 3.05) is 5.32 Å². The molecule has 0 saturated heterocycles. The molecule has 0 aliphatic heterocycles. The van der Waals surface area contributed by atoms with Crippen molar-refractivity contribution in [1.82, 2.24) is 15.5 Å². The van der Waals surface area contributed by atoms with Crippen LogP contribution in [0.2, 0.25) is 0 Å². The summed E-state index contributed by atoms with van der Waals surface area (Å²) in [6, 6.07) is 17.1. The molecule has 8 heteroatoms. The van der Waals surface area contributed by atoms with E-state index >= 15 is 0 Å². The lowest BCUT2D eigenvalue weighted by atomic mass is 10.2. The Kier molecular flexibility index (Phi) is 5.35. The number of carbonyl (C=O) groups excluding carboxylic acids is 1. The molecule has 0 spiro atoms. The summed E-state index contributed by atoms with van der Waals surface area (Å²) >= 11 is 0. The average molecular weight is 372 g/mol. The molecule has 2 N–H and O–H groups in total. The largest absolute Gasteiger partial charge is 0.416 e. The highest BCUT2D eigenvalue weighted by molar-refractivity contribution is 5.92. The Morgan fingerprint density at radius 3 is 2.37 bits per heavy atom. The van der Waals surface area contributed by atoms with E-state index in [1.807, 2.05) is 30.3 Å². The van der Waals surface area contributed by atoms with Gasteiger partial charge in [-0.15, -0.1) is 10.2 Å². The monoisotopic (exact) mass is 372 g/mol. The maximum Gasteiger partial charge on any atom is 0.416 e. The molecule has 0 aliphatic carbocycles. The molecule has 3 aromatic rings. The van der Waals surface area contributed by atoms with Gasteiger partial charge in [0.2, 0.25) is 0 Å². The van der Waals surface area contributed by atoms with Gasteiger partial charge in [0.25, 0.3) is 5.91 Å². The van der Waals surface area contributed by atoms with Crippen molar-refractivity contribution in [3.63, 3.8) is 0 Å². The lowest BCUT2D eigenvalue weighted by Gasteiger charge is -2.10. The third-order valence-corrected chi connectivity index (χ3v) is 3.66. The lowest BCUT2D eigenvalue weighted by Crippen LogP contribution is -2.24. The minimum absolute atomic E-state index is 0.112. The van der Waals surface area contributed by atoms with E-state index < -0.39 is 17.6 Å². The Balaban J connectivity index is 1.62. The average Bonchev–Trinajstić information content (AvgIpc) is 2.67. The van der Waals surface area contributed by atoms with Crippen molar-refractivity contribution in [1.29, 1.82) is 0 Å².